The van der Waals surface area contributed by atoms with Gasteiger partial charge in [0.15, 0.2) is 0 Å². The van der Waals surface area contributed by atoms with Gasteiger partial charge < -0.3 is 4.90 Å². The first kappa shape index (κ1) is 22.8. The summed E-state index contributed by atoms with van der Waals surface area (Å²) in [5, 5.41) is 4.25. The van der Waals surface area contributed by atoms with Gasteiger partial charge in [0.1, 0.15) is 5.82 Å². The topological polar surface area (TPSA) is 101 Å². The summed E-state index contributed by atoms with van der Waals surface area (Å²) >= 11 is 0. The molecule has 0 bridgehead atoms. The Morgan fingerprint density at radius 2 is 1.88 bits per heavy atom. The third-order valence-electron chi connectivity index (χ3n) is 5.54. The second-order valence-corrected chi connectivity index (χ2v) is 9.68. The van der Waals surface area contributed by atoms with Crippen LogP contribution in [0.2, 0.25) is 0 Å². The number of carbonyl (C=O) groups excluding carboxylic acids is 1. The number of fused-ring (bicyclic) bond motifs is 1. The fourth-order valence-electron chi connectivity index (χ4n) is 4.01. The minimum absolute atomic E-state index is 0.0210. The maximum Gasteiger partial charge on any atom is 0.266 e. The van der Waals surface area contributed by atoms with Crippen LogP contribution in [0.3, 0.4) is 0 Å². The highest BCUT2D eigenvalue weighted by Crippen LogP contribution is 2.33. The average molecular weight is 471 g/mol. The highest BCUT2D eigenvalue weighted by molar-refractivity contribution is 7.89. The van der Waals surface area contributed by atoms with E-state index in [4.69, 9.17) is 0 Å². The van der Waals surface area contributed by atoms with Crippen molar-refractivity contribution in [2.24, 2.45) is 0 Å². The first-order valence-corrected chi connectivity index (χ1v) is 11.9. The van der Waals surface area contributed by atoms with Gasteiger partial charge in [-0.2, -0.15) is 5.10 Å². The highest BCUT2D eigenvalue weighted by atomic mass is 32.2. The zero-order valence-corrected chi connectivity index (χ0v) is 19.0. The Labute approximate surface area is 190 Å². The van der Waals surface area contributed by atoms with E-state index in [1.807, 2.05) is 6.92 Å². The molecule has 2 aromatic carbocycles. The van der Waals surface area contributed by atoms with Crippen molar-refractivity contribution in [1.29, 1.82) is 0 Å². The summed E-state index contributed by atoms with van der Waals surface area (Å²) in [5.74, 6) is -0.465. The third kappa shape index (κ3) is 4.71. The summed E-state index contributed by atoms with van der Waals surface area (Å²) in [6.45, 7) is 3.37. The maximum atomic E-state index is 13.2. The van der Waals surface area contributed by atoms with E-state index in [2.05, 4.69) is 9.82 Å². The molecule has 1 aliphatic heterocycles. The standard InChI is InChI=1S/C23H23FN4O4S/c1-15-13-18-14-20(7-9-22(18)28(15)16(2)29)33(31,32)25-11-12-27-23(30)10-8-21(26-27)17-3-5-19(24)6-4-17/h3-10,14-15,25H,11-13H2,1-2H3. The number of hydrogen-bond donors (Lipinski definition) is 1. The molecule has 1 N–H and O–H groups in total. The van der Waals surface area contributed by atoms with E-state index in [0.717, 1.165) is 15.9 Å². The number of nitrogens with zero attached hydrogens (tertiary/aromatic N) is 3. The summed E-state index contributed by atoms with van der Waals surface area (Å²) in [7, 11) is -3.83. The van der Waals surface area contributed by atoms with Crippen LogP contribution < -0.4 is 15.2 Å². The molecular weight excluding hydrogens is 447 g/mol. The number of hydrogen-bond acceptors (Lipinski definition) is 5. The van der Waals surface area contributed by atoms with E-state index >= 15 is 0 Å². The van der Waals surface area contributed by atoms with E-state index in [1.165, 1.54) is 37.3 Å². The molecule has 3 aromatic rings. The Morgan fingerprint density at radius 3 is 2.58 bits per heavy atom. The van der Waals surface area contributed by atoms with Gasteiger partial charge in [0.05, 0.1) is 17.1 Å². The Morgan fingerprint density at radius 1 is 1.15 bits per heavy atom. The summed E-state index contributed by atoms with van der Waals surface area (Å²) in [6, 6.07) is 13.2. The van der Waals surface area contributed by atoms with Crippen LogP contribution in [0.15, 0.2) is 64.3 Å². The van der Waals surface area contributed by atoms with E-state index < -0.39 is 10.0 Å². The molecule has 0 aliphatic carbocycles. The molecule has 0 saturated heterocycles. The second-order valence-electron chi connectivity index (χ2n) is 7.92. The number of sulfonamides is 1. The number of anilines is 1. The third-order valence-corrected chi connectivity index (χ3v) is 7.00. The zero-order chi connectivity index (χ0) is 23.8. The molecule has 1 unspecified atom stereocenters. The van der Waals surface area contributed by atoms with Crippen LogP contribution >= 0.6 is 0 Å². The highest BCUT2D eigenvalue weighted by Gasteiger charge is 2.30. The SMILES string of the molecule is CC(=O)N1c2ccc(S(=O)(=O)NCCn3nc(-c4ccc(F)cc4)ccc3=O)cc2CC1C. The number of benzene rings is 2. The quantitative estimate of drug-likeness (QED) is 0.596. The fourth-order valence-corrected chi connectivity index (χ4v) is 5.08. The fraction of sp³-hybridized carbons (Fsp3) is 0.261. The van der Waals surface area contributed by atoms with Gasteiger partial charge in [0, 0.05) is 36.8 Å². The smallest absolute Gasteiger partial charge is 0.266 e. The molecule has 8 nitrogen and oxygen atoms in total. The Bertz CT molecular complexity index is 1370. The first-order valence-electron chi connectivity index (χ1n) is 10.4. The number of amides is 1. The van der Waals surface area contributed by atoms with E-state index in [0.29, 0.717) is 17.7 Å². The molecule has 1 atom stereocenters. The van der Waals surface area contributed by atoms with Gasteiger partial charge in [0.2, 0.25) is 15.9 Å². The number of carbonyl (C=O) groups is 1. The summed E-state index contributed by atoms with van der Waals surface area (Å²) < 4.78 is 42.4. The second kappa shape index (κ2) is 8.87. The van der Waals surface area contributed by atoms with Gasteiger partial charge in [-0.1, -0.05) is 0 Å². The van der Waals surface area contributed by atoms with Crippen LogP contribution in [0.4, 0.5) is 10.1 Å². The van der Waals surface area contributed by atoms with Crippen molar-refractivity contribution in [3.8, 4) is 11.3 Å². The molecule has 10 heteroatoms. The summed E-state index contributed by atoms with van der Waals surface area (Å²) in [6.07, 6.45) is 0.577. The van der Waals surface area contributed by atoms with Gasteiger partial charge in [-0.3, -0.25) is 9.59 Å². The number of aromatic nitrogens is 2. The lowest BCUT2D eigenvalue weighted by molar-refractivity contribution is -0.116. The Kier molecular flexibility index (Phi) is 6.13. The summed E-state index contributed by atoms with van der Waals surface area (Å²) in [5.41, 5.74) is 2.25. The molecule has 1 amide bonds. The van der Waals surface area contributed by atoms with Crippen molar-refractivity contribution in [3.63, 3.8) is 0 Å². The van der Waals surface area contributed by atoms with Crippen molar-refractivity contribution >= 4 is 21.6 Å². The normalized spacial score (nSPS) is 15.5. The Balaban J connectivity index is 1.47. The largest absolute Gasteiger partial charge is 0.309 e. The predicted octanol–water partition coefficient (Wildman–Crippen LogP) is 2.33. The maximum absolute atomic E-state index is 13.2. The van der Waals surface area contributed by atoms with Crippen LogP contribution in [0.25, 0.3) is 11.3 Å². The van der Waals surface area contributed by atoms with Crippen molar-refractivity contribution in [3.05, 3.63) is 76.3 Å². The molecular formula is C23H23FN4O4S. The lowest BCUT2D eigenvalue weighted by Crippen LogP contribution is -2.33. The number of halogens is 1. The minimum Gasteiger partial charge on any atom is -0.309 e. The molecule has 172 valence electrons. The lowest BCUT2D eigenvalue weighted by Gasteiger charge is -2.20. The molecule has 33 heavy (non-hydrogen) atoms. The predicted molar refractivity (Wildman–Crippen MR) is 122 cm³/mol. The Hall–Kier alpha value is -3.37. The first-order chi connectivity index (χ1) is 15.7. The van der Waals surface area contributed by atoms with Gasteiger partial charge >= 0.3 is 0 Å². The number of rotatable bonds is 6. The van der Waals surface area contributed by atoms with E-state index in [1.54, 1.807) is 29.2 Å². The van der Waals surface area contributed by atoms with E-state index in [-0.39, 0.29) is 41.3 Å². The van der Waals surface area contributed by atoms with E-state index in [9.17, 15) is 22.4 Å². The molecule has 0 radical (unpaired) electrons. The van der Waals surface area contributed by atoms with Crippen LogP contribution in [0.5, 0.6) is 0 Å². The van der Waals surface area contributed by atoms with Gasteiger partial charge in [-0.05, 0) is 67.4 Å². The van der Waals surface area contributed by atoms with Crippen molar-refractivity contribution < 1.29 is 17.6 Å². The minimum atomic E-state index is -3.83. The van der Waals surface area contributed by atoms with Gasteiger partial charge in [0.25, 0.3) is 5.56 Å². The molecule has 1 aromatic heterocycles. The van der Waals surface area contributed by atoms with Crippen LogP contribution in [0.1, 0.15) is 19.4 Å². The van der Waals surface area contributed by atoms with Crippen LogP contribution in [-0.2, 0) is 27.8 Å². The zero-order valence-electron chi connectivity index (χ0n) is 18.2. The lowest BCUT2D eigenvalue weighted by atomic mass is 10.1. The molecule has 2 heterocycles. The average Bonchev–Trinajstić information content (AvgIpc) is 3.10. The van der Waals surface area contributed by atoms with Crippen LogP contribution in [0, 0.1) is 5.82 Å². The van der Waals surface area contributed by atoms with Crippen molar-refractivity contribution in [1.82, 2.24) is 14.5 Å². The molecule has 0 fully saturated rings. The van der Waals surface area contributed by atoms with Crippen LogP contribution in [-0.4, -0.2) is 36.7 Å². The summed E-state index contributed by atoms with van der Waals surface area (Å²) in [4.78, 5) is 25.8. The van der Waals surface area contributed by atoms with Gasteiger partial charge in [-0.15, -0.1) is 0 Å². The molecule has 0 saturated carbocycles. The molecule has 4 rings (SSSR count). The number of nitrogens with one attached hydrogen (secondary N) is 1. The van der Waals surface area contributed by atoms with Crippen molar-refractivity contribution in [2.45, 2.75) is 37.8 Å². The van der Waals surface area contributed by atoms with Gasteiger partial charge in [-0.25, -0.2) is 22.2 Å². The molecule has 0 spiro atoms. The molecule has 1 aliphatic rings. The monoisotopic (exact) mass is 470 g/mol. The van der Waals surface area contributed by atoms with Crippen molar-refractivity contribution in [2.75, 3.05) is 11.4 Å².